The molecule has 5 heteroatoms. The minimum absolute atomic E-state index is 0.183. The van der Waals surface area contributed by atoms with Gasteiger partial charge in [-0.15, -0.1) is 0 Å². The fraction of sp³-hybridized carbons (Fsp3) is 0.600. The summed E-state index contributed by atoms with van der Waals surface area (Å²) >= 11 is 0. The molecule has 0 aromatic carbocycles. The highest BCUT2D eigenvalue weighted by atomic mass is 16.3. The Bertz CT molecular complexity index is 509. The number of pyridine rings is 1. The van der Waals surface area contributed by atoms with Crippen molar-refractivity contribution in [3.8, 4) is 6.07 Å². The van der Waals surface area contributed by atoms with E-state index in [0.717, 1.165) is 31.1 Å². The summed E-state index contributed by atoms with van der Waals surface area (Å²) in [4.78, 5) is 8.80. The first-order valence-corrected chi connectivity index (χ1v) is 6.93. The Morgan fingerprint density at radius 1 is 1.40 bits per heavy atom. The second-order valence-corrected chi connectivity index (χ2v) is 5.81. The van der Waals surface area contributed by atoms with Crippen LogP contribution in [0, 0.1) is 30.1 Å². The van der Waals surface area contributed by atoms with Crippen LogP contribution in [0.1, 0.15) is 11.3 Å². The van der Waals surface area contributed by atoms with Crippen molar-refractivity contribution < 1.29 is 5.11 Å². The fourth-order valence-electron chi connectivity index (χ4n) is 2.87. The number of aryl methyl sites for hydroxylation is 1. The zero-order valence-electron chi connectivity index (χ0n) is 12.4. The SMILES string of the molecule is Cc1ccc(C#N)c(N2C[C@@H](CN(C)C)[C@@H](CO)C2)n1. The molecular weight excluding hydrogens is 252 g/mol. The van der Waals surface area contributed by atoms with Crippen molar-refractivity contribution in [2.24, 2.45) is 11.8 Å². The van der Waals surface area contributed by atoms with Crippen LogP contribution in [0.5, 0.6) is 0 Å². The number of anilines is 1. The average Bonchev–Trinajstić information content (AvgIpc) is 2.80. The second kappa shape index (κ2) is 6.21. The van der Waals surface area contributed by atoms with Crippen LogP contribution in [0.3, 0.4) is 0 Å². The van der Waals surface area contributed by atoms with E-state index >= 15 is 0 Å². The van der Waals surface area contributed by atoms with Crippen molar-refractivity contribution >= 4 is 5.82 Å². The minimum Gasteiger partial charge on any atom is -0.396 e. The van der Waals surface area contributed by atoms with Crippen molar-refractivity contribution in [2.45, 2.75) is 6.92 Å². The van der Waals surface area contributed by atoms with Crippen LogP contribution < -0.4 is 4.90 Å². The van der Waals surface area contributed by atoms with Gasteiger partial charge in [0.15, 0.2) is 0 Å². The van der Waals surface area contributed by atoms with Crippen LogP contribution in [0.15, 0.2) is 12.1 Å². The molecule has 2 rings (SSSR count). The summed E-state index contributed by atoms with van der Waals surface area (Å²) in [6.45, 7) is 4.66. The molecule has 108 valence electrons. The molecule has 0 aliphatic carbocycles. The van der Waals surface area contributed by atoms with Gasteiger partial charge in [-0.2, -0.15) is 5.26 Å². The van der Waals surface area contributed by atoms with Crippen LogP contribution in [-0.2, 0) is 0 Å². The van der Waals surface area contributed by atoms with Gasteiger partial charge in [0.05, 0.1) is 5.56 Å². The number of rotatable bonds is 4. The Hall–Kier alpha value is -1.64. The predicted octanol–water partition coefficient (Wildman–Crippen LogP) is 0.868. The highest BCUT2D eigenvalue weighted by Crippen LogP contribution is 2.29. The molecule has 0 spiro atoms. The van der Waals surface area contributed by atoms with Gasteiger partial charge in [0, 0.05) is 37.9 Å². The van der Waals surface area contributed by atoms with Crippen molar-refractivity contribution in [1.29, 1.82) is 5.26 Å². The summed E-state index contributed by atoms with van der Waals surface area (Å²) in [6.07, 6.45) is 0. The summed E-state index contributed by atoms with van der Waals surface area (Å²) in [5, 5.41) is 18.8. The maximum Gasteiger partial charge on any atom is 0.146 e. The molecule has 0 saturated carbocycles. The molecule has 1 saturated heterocycles. The molecule has 0 radical (unpaired) electrons. The van der Waals surface area contributed by atoms with Crippen molar-refractivity contribution in [2.75, 3.05) is 45.2 Å². The number of nitrogens with zero attached hydrogens (tertiary/aromatic N) is 4. The smallest absolute Gasteiger partial charge is 0.146 e. The van der Waals surface area contributed by atoms with Gasteiger partial charge in [0.25, 0.3) is 0 Å². The molecule has 0 amide bonds. The standard InChI is InChI=1S/C15H22N4O/c1-11-4-5-12(6-16)15(17-11)19-8-13(7-18(2)3)14(9-19)10-20/h4-5,13-14,20H,7-10H2,1-3H3/t13-,14-/m1/s1. The van der Waals surface area contributed by atoms with Gasteiger partial charge in [-0.1, -0.05) is 0 Å². The third kappa shape index (κ3) is 3.09. The molecular formula is C15H22N4O. The van der Waals surface area contributed by atoms with Gasteiger partial charge in [0.1, 0.15) is 11.9 Å². The normalized spacial score (nSPS) is 22.3. The lowest BCUT2D eigenvalue weighted by Gasteiger charge is -2.20. The van der Waals surface area contributed by atoms with Crippen LogP contribution in [-0.4, -0.2) is 55.3 Å². The van der Waals surface area contributed by atoms with Crippen molar-refractivity contribution in [3.63, 3.8) is 0 Å². The van der Waals surface area contributed by atoms with Gasteiger partial charge in [-0.25, -0.2) is 4.98 Å². The zero-order chi connectivity index (χ0) is 14.7. The quantitative estimate of drug-likeness (QED) is 0.882. The molecule has 0 bridgehead atoms. The molecule has 0 unspecified atom stereocenters. The summed E-state index contributed by atoms with van der Waals surface area (Å²) in [5.74, 6) is 1.40. The van der Waals surface area contributed by atoms with E-state index < -0.39 is 0 Å². The topological polar surface area (TPSA) is 63.4 Å². The molecule has 1 aromatic rings. The third-order valence-electron chi connectivity index (χ3n) is 3.84. The molecule has 1 N–H and O–H groups in total. The largest absolute Gasteiger partial charge is 0.396 e. The monoisotopic (exact) mass is 274 g/mol. The number of aliphatic hydroxyl groups excluding tert-OH is 1. The van der Waals surface area contributed by atoms with E-state index in [1.807, 2.05) is 33.2 Å². The van der Waals surface area contributed by atoms with Gasteiger partial charge < -0.3 is 14.9 Å². The Labute approximate surface area is 120 Å². The molecule has 20 heavy (non-hydrogen) atoms. The van der Waals surface area contributed by atoms with E-state index in [2.05, 4.69) is 20.9 Å². The molecule has 1 aliphatic rings. The maximum atomic E-state index is 9.56. The summed E-state index contributed by atoms with van der Waals surface area (Å²) in [7, 11) is 4.09. The first kappa shape index (κ1) is 14.8. The minimum atomic E-state index is 0.183. The van der Waals surface area contributed by atoms with E-state index in [9.17, 15) is 10.4 Å². The number of hydrogen-bond donors (Lipinski definition) is 1. The molecule has 1 aromatic heterocycles. The summed E-state index contributed by atoms with van der Waals surface area (Å²) in [6, 6.07) is 5.90. The van der Waals surface area contributed by atoms with E-state index in [-0.39, 0.29) is 12.5 Å². The Morgan fingerprint density at radius 3 is 2.70 bits per heavy atom. The molecule has 5 nitrogen and oxygen atoms in total. The molecule has 1 fully saturated rings. The Balaban J connectivity index is 2.23. The van der Waals surface area contributed by atoms with Gasteiger partial charge in [-0.3, -0.25) is 0 Å². The summed E-state index contributed by atoms with van der Waals surface area (Å²) < 4.78 is 0. The number of aliphatic hydroxyl groups is 1. The van der Waals surface area contributed by atoms with E-state index in [1.54, 1.807) is 0 Å². The lowest BCUT2D eigenvalue weighted by molar-refractivity contribution is 0.185. The average molecular weight is 274 g/mol. The zero-order valence-corrected chi connectivity index (χ0v) is 12.4. The first-order chi connectivity index (χ1) is 9.55. The van der Waals surface area contributed by atoms with Gasteiger partial charge in [0.2, 0.25) is 0 Å². The first-order valence-electron chi connectivity index (χ1n) is 6.93. The number of nitriles is 1. The lowest BCUT2D eigenvalue weighted by Crippen LogP contribution is -2.28. The van der Waals surface area contributed by atoms with E-state index in [0.29, 0.717) is 11.5 Å². The number of aromatic nitrogens is 1. The van der Waals surface area contributed by atoms with Gasteiger partial charge in [-0.05, 0) is 39.1 Å². The second-order valence-electron chi connectivity index (χ2n) is 5.81. The van der Waals surface area contributed by atoms with E-state index in [1.165, 1.54) is 0 Å². The Kier molecular flexibility index (Phi) is 4.58. The summed E-state index contributed by atoms with van der Waals surface area (Å²) in [5.41, 5.74) is 1.52. The lowest BCUT2D eigenvalue weighted by atomic mass is 9.97. The van der Waals surface area contributed by atoms with E-state index in [4.69, 9.17) is 0 Å². The van der Waals surface area contributed by atoms with Crippen LogP contribution in [0.25, 0.3) is 0 Å². The highest BCUT2D eigenvalue weighted by molar-refractivity contribution is 5.55. The maximum absolute atomic E-state index is 9.56. The molecule has 2 heterocycles. The molecule has 1 aliphatic heterocycles. The highest BCUT2D eigenvalue weighted by Gasteiger charge is 2.34. The predicted molar refractivity (Wildman–Crippen MR) is 78.5 cm³/mol. The third-order valence-corrected chi connectivity index (χ3v) is 3.84. The van der Waals surface area contributed by atoms with Gasteiger partial charge >= 0.3 is 0 Å². The van der Waals surface area contributed by atoms with Crippen LogP contribution >= 0.6 is 0 Å². The van der Waals surface area contributed by atoms with Crippen molar-refractivity contribution in [1.82, 2.24) is 9.88 Å². The fourth-order valence-corrected chi connectivity index (χ4v) is 2.87. The number of hydrogen-bond acceptors (Lipinski definition) is 5. The Morgan fingerprint density at radius 2 is 2.10 bits per heavy atom. The molecule has 2 atom stereocenters. The van der Waals surface area contributed by atoms with Crippen LogP contribution in [0.2, 0.25) is 0 Å². The van der Waals surface area contributed by atoms with Crippen LogP contribution in [0.4, 0.5) is 5.82 Å². The van der Waals surface area contributed by atoms with Crippen molar-refractivity contribution in [3.05, 3.63) is 23.4 Å².